The minimum atomic E-state index is -0.750. The van der Waals surface area contributed by atoms with E-state index in [0.29, 0.717) is 0 Å². The van der Waals surface area contributed by atoms with Crippen molar-refractivity contribution in [2.24, 2.45) is 0 Å². The summed E-state index contributed by atoms with van der Waals surface area (Å²) < 4.78 is -0.750. The topological polar surface area (TPSA) is 0 Å². The van der Waals surface area contributed by atoms with Gasteiger partial charge in [0.25, 0.3) is 0 Å². The van der Waals surface area contributed by atoms with Crippen LogP contribution >= 0.6 is 34.8 Å². The molecular formula is C14H13Cl3. The van der Waals surface area contributed by atoms with Gasteiger partial charge in [0, 0.05) is 0 Å². The molecule has 0 aromatic heterocycles. The highest BCUT2D eigenvalue weighted by molar-refractivity contribution is 6.63. The Balaban J connectivity index is 0.000000317. The number of hydrogen-bond acceptors (Lipinski definition) is 0. The predicted molar refractivity (Wildman–Crippen MR) is 77.0 cm³/mol. The SMILES string of the molecule is ClC(Cl)Cl.c1ccc(Cc2ccccc2)cc1. The fraction of sp³-hybridized carbons (Fsp3) is 0.143. The highest BCUT2D eigenvalue weighted by atomic mass is 35.6. The van der Waals surface area contributed by atoms with Crippen LogP contribution < -0.4 is 0 Å². The van der Waals surface area contributed by atoms with Crippen LogP contribution in [0.15, 0.2) is 60.7 Å². The molecule has 0 atom stereocenters. The van der Waals surface area contributed by atoms with Gasteiger partial charge in [-0.25, -0.2) is 0 Å². The van der Waals surface area contributed by atoms with E-state index in [0.717, 1.165) is 6.42 Å². The number of halogens is 3. The maximum atomic E-state index is 4.81. The molecule has 0 spiro atoms. The molecule has 0 radical (unpaired) electrons. The van der Waals surface area contributed by atoms with Gasteiger partial charge in [-0.1, -0.05) is 95.5 Å². The van der Waals surface area contributed by atoms with Crippen molar-refractivity contribution < 1.29 is 0 Å². The summed E-state index contributed by atoms with van der Waals surface area (Å²) in [7, 11) is 0. The Labute approximate surface area is 117 Å². The molecule has 3 heteroatoms. The first-order valence-electron chi connectivity index (χ1n) is 5.18. The van der Waals surface area contributed by atoms with Gasteiger partial charge in [0.1, 0.15) is 0 Å². The van der Waals surface area contributed by atoms with E-state index >= 15 is 0 Å². The van der Waals surface area contributed by atoms with Gasteiger partial charge in [-0.3, -0.25) is 0 Å². The van der Waals surface area contributed by atoms with E-state index in [-0.39, 0.29) is 0 Å². The van der Waals surface area contributed by atoms with Crippen LogP contribution in [0.1, 0.15) is 11.1 Å². The van der Waals surface area contributed by atoms with Gasteiger partial charge in [-0.15, -0.1) is 0 Å². The van der Waals surface area contributed by atoms with E-state index in [4.69, 9.17) is 34.8 Å². The van der Waals surface area contributed by atoms with E-state index in [1.54, 1.807) is 0 Å². The van der Waals surface area contributed by atoms with Gasteiger partial charge in [0.2, 0.25) is 0 Å². The van der Waals surface area contributed by atoms with E-state index in [9.17, 15) is 0 Å². The van der Waals surface area contributed by atoms with Crippen LogP contribution in [-0.4, -0.2) is 4.30 Å². The lowest BCUT2D eigenvalue weighted by atomic mass is 10.1. The fourth-order valence-electron chi connectivity index (χ4n) is 1.43. The zero-order valence-electron chi connectivity index (χ0n) is 9.19. The molecule has 2 aromatic carbocycles. The minimum Gasteiger partial charge on any atom is -0.0874 e. The van der Waals surface area contributed by atoms with Gasteiger partial charge < -0.3 is 0 Å². The molecule has 0 heterocycles. The van der Waals surface area contributed by atoms with Crippen molar-refractivity contribution in [3.63, 3.8) is 0 Å². The third-order valence-electron chi connectivity index (χ3n) is 2.09. The van der Waals surface area contributed by atoms with Crippen molar-refractivity contribution in [2.75, 3.05) is 0 Å². The summed E-state index contributed by atoms with van der Waals surface area (Å²) in [6.07, 6.45) is 1.03. The van der Waals surface area contributed by atoms with Crippen molar-refractivity contribution in [2.45, 2.75) is 10.7 Å². The second-order valence-electron chi connectivity index (χ2n) is 3.40. The second-order valence-corrected chi connectivity index (χ2v) is 5.37. The molecule has 90 valence electrons. The van der Waals surface area contributed by atoms with Gasteiger partial charge in [-0.05, 0) is 17.5 Å². The van der Waals surface area contributed by atoms with Crippen molar-refractivity contribution in [1.82, 2.24) is 0 Å². The Morgan fingerprint density at radius 1 is 0.647 bits per heavy atom. The lowest BCUT2D eigenvalue weighted by molar-refractivity contribution is 1.19. The predicted octanol–water partition coefficient (Wildman–Crippen LogP) is 5.26. The Hall–Kier alpha value is -0.690. The number of benzene rings is 2. The van der Waals surface area contributed by atoms with E-state index in [1.807, 2.05) is 0 Å². The molecule has 0 aliphatic carbocycles. The Morgan fingerprint density at radius 2 is 0.941 bits per heavy atom. The largest absolute Gasteiger partial charge is 0.180 e. The van der Waals surface area contributed by atoms with Crippen molar-refractivity contribution in [3.8, 4) is 0 Å². The lowest BCUT2D eigenvalue weighted by Gasteiger charge is -2.00. The van der Waals surface area contributed by atoms with E-state index in [1.165, 1.54) is 11.1 Å². The molecule has 0 aliphatic heterocycles. The third-order valence-corrected chi connectivity index (χ3v) is 2.09. The molecule has 0 N–H and O–H groups in total. The first-order chi connectivity index (χ1) is 8.18. The zero-order valence-corrected chi connectivity index (χ0v) is 11.5. The minimum absolute atomic E-state index is 0.750. The molecule has 0 saturated carbocycles. The molecule has 0 nitrogen and oxygen atoms in total. The van der Waals surface area contributed by atoms with Crippen LogP contribution in [0.25, 0.3) is 0 Å². The van der Waals surface area contributed by atoms with Gasteiger partial charge in [0.05, 0.1) is 0 Å². The average Bonchev–Trinajstić information content (AvgIpc) is 2.31. The molecule has 0 aliphatic rings. The van der Waals surface area contributed by atoms with Gasteiger partial charge in [-0.2, -0.15) is 0 Å². The van der Waals surface area contributed by atoms with Gasteiger partial charge in [0.15, 0.2) is 4.30 Å². The lowest BCUT2D eigenvalue weighted by Crippen LogP contribution is -1.85. The third kappa shape index (κ3) is 7.27. The number of rotatable bonds is 2. The highest BCUT2D eigenvalue weighted by Gasteiger charge is 1.92. The summed E-state index contributed by atoms with van der Waals surface area (Å²) in [5, 5.41) is 0. The number of alkyl halides is 3. The molecule has 17 heavy (non-hydrogen) atoms. The van der Waals surface area contributed by atoms with Crippen molar-refractivity contribution >= 4 is 34.8 Å². The molecule has 0 saturated heterocycles. The summed E-state index contributed by atoms with van der Waals surface area (Å²) in [6.45, 7) is 0. The summed E-state index contributed by atoms with van der Waals surface area (Å²) in [6, 6.07) is 21.1. The fourth-order valence-corrected chi connectivity index (χ4v) is 1.43. The molecule has 0 amide bonds. The van der Waals surface area contributed by atoms with E-state index < -0.39 is 4.30 Å². The highest BCUT2D eigenvalue weighted by Crippen LogP contribution is 2.07. The molecular weight excluding hydrogens is 275 g/mol. The maximum absolute atomic E-state index is 4.81. The van der Waals surface area contributed by atoms with Gasteiger partial charge >= 0.3 is 0 Å². The van der Waals surface area contributed by atoms with Crippen LogP contribution in [0.4, 0.5) is 0 Å². The Morgan fingerprint density at radius 3 is 1.24 bits per heavy atom. The Bertz CT molecular complexity index is 358. The maximum Gasteiger partial charge on any atom is 0.180 e. The standard InChI is InChI=1S/C13H12.CHCl3/c1-3-7-12(8-4-1)11-13-9-5-2-6-10-13;2-1(3)4/h1-10H,11H2;1H. The average molecular weight is 288 g/mol. The second kappa shape index (κ2) is 8.41. The van der Waals surface area contributed by atoms with Crippen molar-refractivity contribution in [3.05, 3.63) is 71.8 Å². The van der Waals surface area contributed by atoms with Crippen LogP contribution in [-0.2, 0) is 6.42 Å². The van der Waals surface area contributed by atoms with Crippen LogP contribution in [0, 0.1) is 0 Å². The van der Waals surface area contributed by atoms with E-state index in [2.05, 4.69) is 60.7 Å². The van der Waals surface area contributed by atoms with Crippen LogP contribution in [0.5, 0.6) is 0 Å². The molecule has 2 aromatic rings. The normalized spacial score (nSPS) is 9.65. The summed E-state index contributed by atoms with van der Waals surface area (Å²) in [5.41, 5.74) is 2.74. The molecule has 0 unspecified atom stereocenters. The zero-order chi connectivity index (χ0) is 12.5. The quantitative estimate of drug-likeness (QED) is 0.661. The van der Waals surface area contributed by atoms with Crippen LogP contribution in [0.3, 0.4) is 0 Å². The summed E-state index contributed by atoms with van der Waals surface area (Å²) in [4.78, 5) is 0. The first kappa shape index (κ1) is 14.4. The number of hydrogen-bond donors (Lipinski definition) is 0. The molecule has 2 rings (SSSR count). The van der Waals surface area contributed by atoms with Crippen LogP contribution in [0.2, 0.25) is 0 Å². The molecule has 0 fully saturated rings. The monoisotopic (exact) mass is 286 g/mol. The molecule has 0 bridgehead atoms. The summed E-state index contributed by atoms with van der Waals surface area (Å²) in [5.74, 6) is 0. The summed E-state index contributed by atoms with van der Waals surface area (Å²) >= 11 is 14.4. The first-order valence-corrected chi connectivity index (χ1v) is 6.49. The smallest absolute Gasteiger partial charge is 0.0874 e. The Kier molecular flexibility index (Phi) is 7.11. The van der Waals surface area contributed by atoms with Crippen molar-refractivity contribution in [1.29, 1.82) is 0 Å².